The normalized spacial score (nSPS) is 11.5. The van der Waals surface area contributed by atoms with Gasteiger partial charge in [-0.25, -0.2) is 4.68 Å². The molecule has 3 N–H and O–H groups in total. The van der Waals surface area contributed by atoms with Gasteiger partial charge in [0.15, 0.2) is 0 Å². The maximum absolute atomic E-state index is 11.7. The Morgan fingerprint density at radius 2 is 2.10 bits per heavy atom. The highest BCUT2D eigenvalue weighted by Gasteiger charge is 2.08. The SMILES string of the molecule is C[C@@H](CN)NC(=O)Cc1cnn(-c2ccccc2)c1.Cl. The van der Waals surface area contributed by atoms with Gasteiger partial charge in [0.25, 0.3) is 0 Å². The molecule has 1 amide bonds. The molecule has 0 fully saturated rings. The molecule has 0 aliphatic heterocycles. The monoisotopic (exact) mass is 294 g/mol. The summed E-state index contributed by atoms with van der Waals surface area (Å²) in [7, 11) is 0. The van der Waals surface area contributed by atoms with Crippen LogP contribution in [0.15, 0.2) is 42.7 Å². The van der Waals surface area contributed by atoms with E-state index in [1.165, 1.54) is 0 Å². The number of para-hydroxylation sites is 1. The molecule has 108 valence electrons. The molecule has 0 aliphatic carbocycles. The van der Waals surface area contributed by atoms with Crippen LogP contribution in [-0.4, -0.2) is 28.3 Å². The molecule has 2 aromatic rings. The molecule has 2 rings (SSSR count). The second-order valence-corrected chi connectivity index (χ2v) is 4.51. The zero-order valence-corrected chi connectivity index (χ0v) is 12.1. The summed E-state index contributed by atoms with van der Waals surface area (Å²) >= 11 is 0. The zero-order valence-electron chi connectivity index (χ0n) is 11.3. The molecular formula is C14H19ClN4O. The molecule has 6 heteroatoms. The van der Waals surface area contributed by atoms with Crippen LogP contribution in [0.5, 0.6) is 0 Å². The third-order valence-corrected chi connectivity index (χ3v) is 2.78. The van der Waals surface area contributed by atoms with Crippen molar-refractivity contribution in [2.45, 2.75) is 19.4 Å². The van der Waals surface area contributed by atoms with Gasteiger partial charge in [0.05, 0.1) is 18.3 Å². The Labute approximate surface area is 124 Å². The van der Waals surface area contributed by atoms with Gasteiger partial charge in [-0.1, -0.05) is 18.2 Å². The minimum Gasteiger partial charge on any atom is -0.352 e. The number of carbonyl (C=O) groups is 1. The van der Waals surface area contributed by atoms with Gasteiger partial charge in [0.2, 0.25) is 5.91 Å². The van der Waals surface area contributed by atoms with E-state index in [4.69, 9.17) is 5.73 Å². The Morgan fingerprint density at radius 1 is 1.40 bits per heavy atom. The average Bonchev–Trinajstić information content (AvgIpc) is 2.88. The number of nitrogens with two attached hydrogens (primary N) is 1. The molecule has 5 nitrogen and oxygen atoms in total. The lowest BCUT2D eigenvalue weighted by Gasteiger charge is -2.10. The van der Waals surface area contributed by atoms with E-state index < -0.39 is 0 Å². The van der Waals surface area contributed by atoms with Crippen LogP contribution < -0.4 is 11.1 Å². The molecule has 0 radical (unpaired) electrons. The Morgan fingerprint density at radius 3 is 2.75 bits per heavy atom. The maximum Gasteiger partial charge on any atom is 0.224 e. The standard InChI is InChI=1S/C14H18N4O.ClH/c1-11(8-15)17-14(19)7-12-9-16-18(10-12)13-5-3-2-4-6-13;/h2-6,9-11H,7-8,15H2,1H3,(H,17,19);1H/t11-;/m0./s1. The zero-order chi connectivity index (χ0) is 13.7. The van der Waals surface area contributed by atoms with Gasteiger partial charge in [-0.15, -0.1) is 12.4 Å². The molecule has 1 aromatic carbocycles. The lowest BCUT2D eigenvalue weighted by molar-refractivity contribution is -0.120. The minimum absolute atomic E-state index is 0. The Hall–Kier alpha value is -1.85. The number of halogens is 1. The number of amides is 1. The van der Waals surface area contributed by atoms with Crippen LogP contribution in [0, 0.1) is 0 Å². The first kappa shape index (κ1) is 16.2. The van der Waals surface area contributed by atoms with E-state index in [0.29, 0.717) is 13.0 Å². The largest absolute Gasteiger partial charge is 0.352 e. The first-order valence-corrected chi connectivity index (χ1v) is 6.27. The summed E-state index contributed by atoms with van der Waals surface area (Å²) in [5, 5.41) is 7.08. The van der Waals surface area contributed by atoms with Crippen molar-refractivity contribution in [2.24, 2.45) is 5.73 Å². The third kappa shape index (κ3) is 4.36. The van der Waals surface area contributed by atoms with E-state index in [1.807, 2.05) is 43.5 Å². The van der Waals surface area contributed by atoms with Crippen molar-refractivity contribution >= 4 is 18.3 Å². The fourth-order valence-electron chi connectivity index (χ4n) is 1.74. The van der Waals surface area contributed by atoms with Gasteiger partial charge in [0.1, 0.15) is 0 Å². The van der Waals surface area contributed by atoms with Crippen molar-refractivity contribution in [2.75, 3.05) is 6.54 Å². The third-order valence-electron chi connectivity index (χ3n) is 2.78. The molecule has 0 unspecified atom stereocenters. The quantitative estimate of drug-likeness (QED) is 0.873. The highest BCUT2D eigenvalue weighted by molar-refractivity contribution is 5.85. The number of nitrogens with zero attached hydrogens (tertiary/aromatic N) is 2. The van der Waals surface area contributed by atoms with Crippen molar-refractivity contribution < 1.29 is 4.79 Å². The van der Waals surface area contributed by atoms with Crippen LogP contribution >= 0.6 is 12.4 Å². The van der Waals surface area contributed by atoms with Crippen LogP contribution in [0.2, 0.25) is 0 Å². The molecule has 0 bridgehead atoms. The van der Waals surface area contributed by atoms with E-state index in [0.717, 1.165) is 11.3 Å². The number of hydrogen-bond donors (Lipinski definition) is 2. The van der Waals surface area contributed by atoms with Gasteiger partial charge in [-0.05, 0) is 24.6 Å². The second-order valence-electron chi connectivity index (χ2n) is 4.51. The van der Waals surface area contributed by atoms with E-state index in [2.05, 4.69) is 10.4 Å². The number of nitrogens with one attached hydrogen (secondary N) is 1. The first-order valence-electron chi connectivity index (χ1n) is 6.27. The maximum atomic E-state index is 11.7. The summed E-state index contributed by atoms with van der Waals surface area (Å²) in [4.78, 5) is 11.7. The van der Waals surface area contributed by atoms with E-state index in [-0.39, 0.29) is 24.4 Å². The molecule has 0 aliphatic rings. The summed E-state index contributed by atoms with van der Waals surface area (Å²) in [5.41, 5.74) is 7.32. The predicted octanol–water partition coefficient (Wildman–Crippen LogP) is 1.30. The summed E-state index contributed by atoms with van der Waals surface area (Å²) < 4.78 is 1.76. The molecule has 0 spiro atoms. The summed E-state index contributed by atoms with van der Waals surface area (Å²) in [5.74, 6) is -0.0365. The van der Waals surface area contributed by atoms with Crippen LogP contribution in [0.25, 0.3) is 5.69 Å². The van der Waals surface area contributed by atoms with Crippen molar-refractivity contribution in [1.29, 1.82) is 0 Å². The molecule has 20 heavy (non-hydrogen) atoms. The van der Waals surface area contributed by atoms with Crippen LogP contribution in [0.1, 0.15) is 12.5 Å². The lowest BCUT2D eigenvalue weighted by atomic mass is 10.2. The van der Waals surface area contributed by atoms with Gasteiger partial charge >= 0.3 is 0 Å². The van der Waals surface area contributed by atoms with Crippen LogP contribution in [-0.2, 0) is 11.2 Å². The smallest absolute Gasteiger partial charge is 0.224 e. The van der Waals surface area contributed by atoms with Crippen LogP contribution in [0.4, 0.5) is 0 Å². The Bertz CT molecular complexity index is 541. The highest BCUT2D eigenvalue weighted by atomic mass is 35.5. The topological polar surface area (TPSA) is 72.9 Å². The lowest BCUT2D eigenvalue weighted by Crippen LogP contribution is -2.38. The summed E-state index contributed by atoms with van der Waals surface area (Å²) in [6, 6.07) is 9.78. The Kier molecular flexibility index (Phi) is 6.21. The predicted molar refractivity (Wildman–Crippen MR) is 81.2 cm³/mol. The average molecular weight is 295 g/mol. The number of carbonyl (C=O) groups excluding carboxylic acids is 1. The molecule has 0 saturated heterocycles. The summed E-state index contributed by atoms with van der Waals surface area (Å²) in [6.07, 6.45) is 3.89. The first-order chi connectivity index (χ1) is 9.19. The minimum atomic E-state index is -0.0365. The number of hydrogen-bond acceptors (Lipinski definition) is 3. The van der Waals surface area contributed by atoms with Gasteiger partial charge in [-0.2, -0.15) is 5.10 Å². The van der Waals surface area contributed by atoms with Crippen molar-refractivity contribution in [3.63, 3.8) is 0 Å². The fraction of sp³-hybridized carbons (Fsp3) is 0.286. The van der Waals surface area contributed by atoms with Crippen LogP contribution in [0.3, 0.4) is 0 Å². The highest BCUT2D eigenvalue weighted by Crippen LogP contribution is 2.08. The molecule has 0 saturated carbocycles. The van der Waals surface area contributed by atoms with Gasteiger partial charge < -0.3 is 11.1 Å². The van der Waals surface area contributed by atoms with Crippen molar-refractivity contribution in [1.82, 2.24) is 15.1 Å². The number of benzene rings is 1. The number of aromatic nitrogens is 2. The van der Waals surface area contributed by atoms with E-state index in [9.17, 15) is 4.79 Å². The van der Waals surface area contributed by atoms with Crippen molar-refractivity contribution in [3.8, 4) is 5.69 Å². The number of rotatable bonds is 5. The van der Waals surface area contributed by atoms with E-state index >= 15 is 0 Å². The summed E-state index contributed by atoms with van der Waals surface area (Å²) in [6.45, 7) is 2.32. The second kappa shape index (κ2) is 7.67. The van der Waals surface area contributed by atoms with E-state index in [1.54, 1.807) is 10.9 Å². The van der Waals surface area contributed by atoms with Gasteiger partial charge in [-0.3, -0.25) is 4.79 Å². The molecular weight excluding hydrogens is 276 g/mol. The van der Waals surface area contributed by atoms with Gasteiger partial charge in [0, 0.05) is 18.8 Å². The Balaban J connectivity index is 0.00000200. The molecule has 1 aromatic heterocycles. The molecule has 1 heterocycles. The van der Waals surface area contributed by atoms with Crippen molar-refractivity contribution in [3.05, 3.63) is 48.3 Å². The fourth-order valence-corrected chi connectivity index (χ4v) is 1.74. The molecule has 1 atom stereocenters.